The van der Waals surface area contributed by atoms with Gasteiger partial charge in [0.15, 0.2) is 0 Å². The summed E-state index contributed by atoms with van der Waals surface area (Å²) in [6.07, 6.45) is 3.72. The second kappa shape index (κ2) is 6.34. The van der Waals surface area contributed by atoms with E-state index in [4.69, 9.17) is 5.11 Å². The van der Waals surface area contributed by atoms with Crippen molar-refractivity contribution in [3.63, 3.8) is 0 Å². The standard InChI is InChI=1S/C21H16N2O2/c24-14-15-6-8-16(9-7-15)18-10-11-20-22-19(13-23(20)12-18)21(25)17-4-2-1-3-5-17/h1-13,24H,14H2. The normalized spacial score (nSPS) is 10.9. The molecule has 25 heavy (non-hydrogen) atoms. The van der Waals surface area contributed by atoms with Gasteiger partial charge in [-0.2, -0.15) is 0 Å². The van der Waals surface area contributed by atoms with E-state index in [1.165, 1.54) is 0 Å². The highest BCUT2D eigenvalue weighted by Crippen LogP contribution is 2.21. The Morgan fingerprint density at radius 1 is 0.880 bits per heavy atom. The molecule has 2 aromatic carbocycles. The molecule has 1 N–H and O–H groups in total. The Kier molecular flexibility index (Phi) is 3.88. The van der Waals surface area contributed by atoms with Crippen molar-refractivity contribution in [3.05, 3.63) is 95.9 Å². The minimum atomic E-state index is -0.0850. The number of carbonyl (C=O) groups is 1. The Balaban J connectivity index is 1.70. The summed E-state index contributed by atoms with van der Waals surface area (Å²) in [6, 6.07) is 20.8. The third kappa shape index (κ3) is 2.95. The molecule has 2 heterocycles. The molecule has 2 aromatic heterocycles. The minimum Gasteiger partial charge on any atom is -0.392 e. The summed E-state index contributed by atoms with van der Waals surface area (Å²) < 4.78 is 1.87. The average Bonchev–Trinajstić information content (AvgIpc) is 3.11. The number of ketones is 1. The van der Waals surface area contributed by atoms with Crippen LogP contribution in [0.4, 0.5) is 0 Å². The number of rotatable bonds is 4. The molecular formula is C21H16N2O2. The molecule has 0 unspecified atom stereocenters. The monoisotopic (exact) mass is 328 g/mol. The third-order valence-electron chi connectivity index (χ3n) is 4.19. The van der Waals surface area contributed by atoms with E-state index in [1.807, 2.05) is 65.2 Å². The molecule has 0 saturated carbocycles. The lowest BCUT2D eigenvalue weighted by molar-refractivity contribution is 0.103. The summed E-state index contributed by atoms with van der Waals surface area (Å²) in [5.41, 5.74) is 4.74. The smallest absolute Gasteiger partial charge is 0.212 e. The number of hydrogen-bond donors (Lipinski definition) is 1. The van der Waals surface area contributed by atoms with Crippen molar-refractivity contribution in [2.45, 2.75) is 6.61 Å². The number of hydrogen-bond acceptors (Lipinski definition) is 3. The minimum absolute atomic E-state index is 0.0335. The van der Waals surface area contributed by atoms with Gasteiger partial charge in [0.05, 0.1) is 6.61 Å². The van der Waals surface area contributed by atoms with E-state index in [1.54, 1.807) is 18.3 Å². The highest BCUT2D eigenvalue weighted by atomic mass is 16.3. The number of carbonyl (C=O) groups excluding carboxylic acids is 1. The lowest BCUT2D eigenvalue weighted by Gasteiger charge is -2.03. The van der Waals surface area contributed by atoms with E-state index >= 15 is 0 Å². The zero-order chi connectivity index (χ0) is 17.2. The summed E-state index contributed by atoms with van der Waals surface area (Å²) in [7, 11) is 0. The number of pyridine rings is 1. The van der Waals surface area contributed by atoms with Gasteiger partial charge in [-0.3, -0.25) is 4.79 Å². The van der Waals surface area contributed by atoms with Crippen LogP contribution in [0.2, 0.25) is 0 Å². The second-order valence-electron chi connectivity index (χ2n) is 5.86. The van der Waals surface area contributed by atoms with Crippen LogP contribution in [0, 0.1) is 0 Å². The van der Waals surface area contributed by atoms with E-state index in [0.29, 0.717) is 11.3 Å². The van der Waals surface area contributed by atoms with Crippen LogP contribution < -0.4 is 0 Å². The van der Waals surface area contributed by atoms with E-state index in [9.17, 15) is 4.79 Å². The predicted octanol–water partition coefficient (Wildman–Crippen LogP) is 3.72. The van der Waals surface area contributed by atoms with Gasteiger partial charge >= 0.3 is 0 Å². The van der Waals surface area contributed by atoms with Gasteiger partial charge in [-0.25, -0.2) is 4.98 Å². The van der Waals surface area contributed by atoms with Crippen LogP contribution >= 0.6 is 0 Å². The summed E-state index contributed by atoms with van der Waals surface area (Å²) in [5.74, 6) is -0.0850. The number of aromatic nitrogens is 2. The molecule has 122 valence electrons. The van der Waals surface area contributed by atoms with Gasteiger partial charge in [0, 0.05) is 18.0 Å². The summed E-state index contributed by atoms with van der Waals surface area (Å²) >= 11 is 0. The van der Waals surface area contributed by atoms with Gasteiger partial charge in [0.1, 0.15) is 11.3 Å². The predicted molar refractivity (Wildman–Crippen MR) is 96.4 cm³/mol. The molecule has 0 aliphatic heterocycles. The Morgan fingerprint density at radius 3 is 2.32 bits per heavy atom. The van der Waals surface area contributed by atoms with Crippen molar-refractivity contribution in [1.29, 1.82) is 0 Å². The molecule has 4 heteroatoms. The molecule has 4 rings (SSSR count). The number of aliphatic hydroxyl groups excluding tert-OH is 1. The maximum atomic E-state index is 12.5. The van der Waals surface area contributed by atoms with Crippen molar-refractivity contribution >= 4 is 11.4 Å². The Hall–Kier alpha value is -3.24. The Morgan fingerprint density at radius 2 is 1.60 bits per heavy atom. The first-order chi connectivity index (χ1) is 12.2. The van der Waals surface area contributed by atoms with Crippen LogP contribution in [-0.4, -0.2) is 20.3 Å². The van der Waals surface area contributed by atoms with Gasteiger partial charge in [0.2, 0.25) is 5.78 Å². The van der Waals surface area contributed by atoms with E-state index in [2.05, 4.69) is 4.98 Å². The number of benzene rings is 2. The average molecular weight is 328 g/mol. The first-order valence-electron chi connectivity index (χ1n) is 8.03. The summed E-state index contributed by atoms with van der Waals surface area (Å²) in [6.45, 7) is 0.0335. The number of nitrogens with zero attached hydrogens (tertiary/aromatic N) is 2. The van der Waals surface area contributed by atoms with Gasteiger partial charge in [-0.15, -0.1) is 0 Å². The molecule has 0 saturated heterocycles. The first-order valence-corrected chi connectivity index (χ1v) is 8.03. The molecule has 0 fully saturated rings. The van der Waals surface area contributed by atoms with E-state index < -0.39 is 0 Å². The van der Waals surface area contributed by atoms with Crippen LogP contribution in [0.5, 0.6) is 0 Å². The fraction of sp³-hybridized carbons (Fsp3) is 0.0476. The number of imidazole rings is 1. The third-order valence-corrected chi connectivity index (χ3v) is 4.19. The highest BCUT2D eigenvalue weighted by Gasteiger charge is 2.13. The zero-order valence-electron chi connectivity index (χ0n) is 13.5. The van der Waals surface area contributed by atoms with Gasteiger partial charge in [0.25, 0.3) is 0 Å². The molecule has 0 aliphatic carbocycles. The molecule has 0 atom stereocenters. The lowest BCUT2D eigenvalue weighted by atomic mass is 10.1. The molecule has 0 amide bonds. The quantitative estimate of drug-likeness (QED) is 0.581. The molecule has 4 nitrogen and oxygen atoms in total. The van der Waals surface area contributed by atoms with Crippen LogP contribution in [0.25, 0.3) is 16.8 Å². The zero-order valence-corrected chi connectivity index (χ0v) is 13.5. The van der Waals surface area contributed by atoms with Crippen molar-refractivity contribution in [3.8, 4) is 11.1 Å². The fourth-order valence-electron chi connectivity index (χ4n) is 2.81. The second-order valence-corrected chi connectivity index (χ2v) is 5.86. The van der Waals surface area contributed by atoms with E-state index in [-0.39, 0.29) is 12.4 Å². The molecule has 0 bridgehead atoms. The fourth-order valence-corrected chi connectivity index (χ4v) is 2.81. The first kappa shape index (κ1) is 15.3. The SMILES string of the molecule is O=C(c1ccccc1)c1cn2cc(-c3ccc(CO)cc3)ccc2n1. The Labute approximate surface area is 145 Å². The van der Waals surface area contributed by atoms with Crippen LogP contribution in [0.15, 0.2) is 79.1 Å². The van der Waals surface area contributed by atoms with Crippen molar-refractivity contribution in [1.82, 2.24) is 9.38 Å². The van der Waals surface area contributed by atoms with Gasteiger partial charge < -0.3 is 9.51 Å². The van der Waals surface area contributed by atoms with Gasteiger partial charge in [-0.1, -0.05) is 54.6 Å². The number of aliphatic hydroxyl groups is 1. The topological polar surface area (TPSA) is 54.6 Å². The van der Waals surface area contributed by atoms with Crippen molar-refractivity contribution in [2.75, 3.05) is 0 Å². The molecular weight excluding hydrogens is 312 g/mol. The van der Waals surface area contributed by atoms with Crippen LogP contribution in [0.3, 0.4) is 0 Å². The number of fused-ring (bicyclic) bond motifs is 1. The summed E-state index contributed by atoms with van der Waals surface area (Å²) in [4.78, 5) is 17.0. The maximum absolute atomic E-state index is 12.5. The molecule has 0 aliphatic rings. The molecule has 4 aromatic rings. The van der Waals surface area contributed by atoms with Crippen molar-refractivity contribution < 1.29 is 9.90 Å². The summed E-state index contributed by atoms with van der Waals surface area (Å²) in [5, 5.41) is 9.14. The van der Waals surface area contributed by atoms with Gasteiger partial charge in [-0.05, 0) is 28.8 Å². The molecule has 0 spiro atoms. The van der Waals surface area contributed by atoms with Crippen LogP contribution in [-0.2, 0) is 6.61 Å². The molecule has 0 radical (unpaired) electrons. The van der Waals surface area contributed by atoms with E-state index in [0.717, 1.165) is 22.3 Å². The highest BCUT2D eigenvalue weighted by molar-refractivity contribution is 6.07. The maximum Gasteiger partial charge on any atom is 0.212 e. The largest absolute Gasteiger partial charge is 0.392 e. The lowest BCUT2D eigenvalue weighted by Crippen LogP contribution is -2.00. The van der Waals surface area contributed by atoms with Crippen LogP contribution in [0.1, 0.15) is 21.6 Å². The van der Waals surface area contributed by atoms with Crippen molar-refractivity contribution in [2.24, 2.45) is 0 Å². The Bertz CT molecular complexity index is 1030.